The van der Waals surface area contributed by atoms with Crippen molar-refractivity contribution in [1.29, 1.82) is 0 Å². The quantitative estimate of drug-likeness (QED) is 0.761. The molecule has 2 rings (SSSR count). The van der Waals surface area contributed by atoms with Crippen LogP contribution in [0.1, 0.15) is 44.0 Å². The Labute approximate surface area is 141 Å². The van der Waals surface area contributed by atoms with Crippen molar-refractivity contribution in [2.24, 2.45) is 0 Å². The van der Waals surface area contributed by atoms with Crippen LogP contribution in [0, 0.1) is 0 Å². The van der Waals surface area contributed by atoms with E-state index in [-0.39, 0.29) is 18.7 Å². The fourth-order valence-electron chi connectivity index (χ4n) is 2.47. The van der Waals surface area contributed by atoms with Gasteiger partial charge in [-0.15, -0.1) is 0 Å². The molecule has 7 heteroatoms. The highest BCUT2D eigenvalue weighted by Gasteiger charge is 2.34. The summed E-state index contributed by atoms with van der Waals surface area (Å²) in [5.74, 6) is -0.284. The molecule has 1 aromatic rings. The maximum atomic E-state index is 12.2. The standard InChI is InChI=1S/C17H24N2O5/c1-17(2,3)24-16(21)13-6-5-9-19(13)11-23-14-8-7-12(10-18-14)15(20)22-4/h7-8,10,13H,5-6,9,11H2,1-4H3. The molecule has 0 aliphatic carbocycles. The van der Waals surface area contributed by atoms with Crippen LogP contribution >= 0.6 is 0 Å². The molecular formula is C17H24N2O5. The number of hydrogen-bond donors (Lipinski definition) is 0. The summed E-state index contributed by atoms with van der Waals surface area (Å²) in [6.07, 6.45) is 3.07. The molecule has 0 amide bonds. The van der Waals surface area contributed by atoms with Crippen molar-refractivity contribution >= 4 is 11.9 Å². The zero-order chi connectivity index (χ0) is 17.7. The van der Waals surface area contributed by atoms with Crippen LogP contribution in [0.2, 0.25) is 0 Å². The zero-order valence-corrected chi connectivity index (χ0v) is 14.6. The topological polar surface area (TPSA) is 78.0 Å². The second-order valence-corrected chi connectivity index (χ2v) is 6.65. The fourth-order valence-corrected chi connectivity index (χ4v) is 2.47. The van der Waals surface area contributed by atoms with Gasteiger partial charge in [-0.1, -0.05) is 0 Å². The highest BCUT2D eigenvalue weighted by atomic mass is 16.6. The predicted molar refractivity (Wildman–Crippen MR) is 86.6 cm³/mol. The minimum atomic E-state index is -0.503. The normalized spacial score (nSPS) is 18.2. The molecule has 24 heavy (non-hydrogen) atoms. The minimum Gasteiger partial charge on any atom is -0.465 e. The number of likely N-dealkylation sites (tertiary alicyclic amines) is 1. The molecular weight excluding hydrogens is 312 g/mol. The first-order chi connectivity index (χ1) is 11.3. The molecule has 0 radical (unpaired) electrons. The Kier molecular flexibility index (Phi) is 5.77. The van der Waals surface area contributed by atoms with Gasteiger partial charge in [-0.05, 0) is 39.7 Å². The number of hydrogen-bond acceptors (Lipinski definition) is 7. The summed E-state index contributed by atoms with van der Waals surface area (Å²) < 4.78 is 15.7. The molecule has 1 aliphatic heterocycles. The molecule has 1 aliphatic rings. The largest absolute Gasteiger partial charge is 0.465 e. The van der Waals surface area contributed by atoms with E-state index in [2.05, 4.69) is 9.72 Å². The second kappa shape index (κ2) is 7.61. The highest BCUT2D eigenvalue weighted by molar-refractivity contribution is 5.88. The molecule has 0 spiro atoms. The van der Waals surface area contributed by atoms with E-state index in [1.807, 2.05) is 25.7 Å². The average Bonchev–Trinajstić information content (AvgIpc) is 2.99. The smallest absolute Gasteiger partial charge is 0.339 e. The van der Waals surface area contributed by atoms with E-state index in [4.69, 9.17) is 9.47 Å². The van der Waals surface area contributed by atoms with Crippen molar-refractivity contribution in [3.63, 3.8) is 0 Å². The van der Waals surface area contributed by atoms with Crippen LogP contribution in [0.4, 0.5) is 0 Å². The lowest BCUT2D eigenvalue weighted by atomic mass is 10.1. The first-order valence-corrected chi connectivity index (χ1v) is 7.94. The van der Waals surface area contributed by atoms with Crippen LogP contribution in [0.15, 0.2) is 18.3 Å². The summed E-state index contributed by atoms with van der Waals surface area (Å²) >= 11 is 0. The molecule has 0 bridgehead atoms. The van der Waals surface area contributed by atoms with Crippen molar-refractivity contribution in [1.82, 2.24) is 9.88 Å². The molecule has 1 fully saturated rings. The Morgan fingerprint density at radius 1 is 1.33 bits per heavy atom. The van der Waals surface area contributed by atoms with Crippen LogP contribution in [-0.2, 0) is 14.3 Å². The van der Waals surface area contributed by atoms with Crippen LogP contribution in [-0.4, -0.2) is 53.9 Å². The van der Waals surface area contributed by atoms with Gasteiger partial charge < -0.3 is 14.2 Å². The van der Waals surface area contributed by atoms with Crippen LogP contribution in [0.25, 0.3) is 0 Å². The minimum absolute atomic E-state index is 0.224. The van der Waals surface area contributed by atoms with Gasteiger partial charge in [-0.25, -0.2) is 9.78 Å². The van der Waals surface area contributed by atoms with Crippen molar-refractivity contribution in [3.8, 4) is 5.88 Å². The summed E-state index contributed by atoms with van der Waals surface area (Å²) in [5.41, 5.74) is -0.144. The Morgan fingerprint density at radius 3 is 2.67 bits per heavy atom. The Morgan fingerprint density at radius 2 is 2.08 bits per heavy atom. The van der Waals surface area contributed by atoms with Gasteiger partial charge in [-0.2, -0.15) is 0 Å². The summed E-state index contributed by atoms with van der Waals surface area (Å²) in [7, 11) is 1.32. The molecule has 0 saturated carbocycles. The molecule has 7 nitrogen and oxygen atoms in total. The molecule has 1 atom stereocenters. The first-order valence-electron chi connectivity index (χ1n) is 7.94. The van der Waals surface area contributed by atoms with Crippen molar-refractivity contribution < 1.29 is 23.8 Å². The van der Waals surface area contributed by atoms with Gasteiger partial charge in [0.25, 0.3) is 0 Å². The average molecular weight is 336 g/mol. The number of rotatable bonds is 5. The summed E-state index contributed by atoms with van der Waals surface area (Å²) in [5, 5.41) is 0. The summed E-state index contributed by atoms with van der Waals surface area (Å²) in [6, 6.07) is 2.90. The number of pyridine rings is 1. The van der Waals surface area contributed by atoms with E-state index in [0.29, 0.717) is 11.4 Å². The van der Waals surface area contributed by atoms with Crippen LogP contribution in [0.5, 0.6) is 5.88 Å². The van der Waals surface area contributed by atoms with Gasteiger partial charge >= 0.3 is 11.9 Å². The number of methoxy groups -OCH3 is 1. The number of carbonyl (C=O) groups is 2. The van der Waals surface area contributed by atoms with E-state index in [0.717, 1.165) is 19.4 Å². The van der Waals surface area contributed by atoms with E-state index < -0.39 is 11.6 Å². The first kappa shape index (κ1) is 18.2. The van der Waals surface area contributed by atoms with Gasteiger partial charge in [0.1, 0.15) is 18.4 Å². The maximum Gasteiger partial charge on any atom is 0.339 e. The van der Waals surface area contributed by atoms with E-state index in [9.17, 15) is 9.59 Å². The number of carbonyl (C=O) groups excluding carboxylic acids is 2. The Balaban J connectivity index is 1.91. The number of esters is 2. The molecule has 1 saturated heterocycles. The van der Waals surface area contributed by atoms with Crippen molar-refractivity contribution in [2.75, 3.05) is 20.4 Å². The fraction of sp³-hybridized carbons (Fsp3) is 0.588. The van der Waals surface area contributed by atoms with Gasteiger partial charge in [0.05, 0.1) is 12.7 Å². The third-order valence-corrected chi connectivity index (χ3v) is 3.58. The third kappa shape index (κ3) is 4.92. The maximum absolute atomic E-state index is 12.2. The second-order valence-electron chi connectivity index (χ2n) is 6.65. The number of nitrogens with zero attached hydrogens (tertiary/aromatic N) is 2. The van der Waals surface area contributed by atoms with E-state index in [1.165, 1.54) is 13.3 Å². The van der Waals surface area contributed by atoms with Gasteiger partial charge in [0.2, 0.25) is 5.88 Å². The van der Waals surface area contributed by atoms with Crippen molar-refractivity contribution in [3.05, 3.63) is 23.9 Å². The number of ether oxygens (including phenoxy) is 3. The molecule has 0 aromatic carbocycles. The van der Waals surface area contributed by atoms with Crippen LogP contribution < -0.4 is 4.74 Å². The lowest BCUT2D eigenvalue weighted by molar-refractivity contribution is -0.161. The highest BCUT2D eigenvalue weighted by Crippen LogP contribution is 2.21. The molecule has 1 aromatic heterocycles. The third-order valence-electron chi connectivity index (χ3n) is 3.58. The van der Waals surface area contributed by atoms with E-state index >= 15 is 0 Å². The SMILES string of the molecule is COC(=O)c1ccc(OCN2CCCC2C(=O)OC(C)(C)C)nc1. The molecule has 2 heterocycles. The number of aromatic nitrogens is 1. The molecule has 132 valence electrons. The van der Waals surface area contributed by atoms with Gasteiger partial charge in [-0.3, -0.25) is 9.69 Å². The lowest BCUT2D eigenvalue weighted by Crippen LogP contribution is -2.42. The van der Waals surface area contributed by atoms with Gasteiger partial charge in [0, 0.05) is 18.8 Å². The molecule has 0 N–H and O–H groups in total. The van der Waals surface area contributed by atoms with E-state index in [1.54, 1.807) is 12.1 Å². The Hall–Kier alpha value is -2.15. The monoisotopic (exact) mass is 336 g/mol. The predicted octanol–water partition coefficient (Wildman–Crippen LogP) is 2.01. The van der Waals surface area contributed by atoms with Crippen molar-refractivity contribution in [2.45, 2.75) is 45.3 Å². The zero-order valence-electron chi connectivity index (χ0n) is 14.6. The Bertz CT molecular complexity index is 580. The molecule has 1 unspecified atom stereocenters. The van der Waals surface area contributed by atoms with Gasteiger partial charge in [0.15, 0.2) is 0 Å². The van der Waals surface area contributed by atoms with Crippen LogP contribution in [0.3, 0.4) is 0 Å². The summed E-state index contributed by atoms with van der Waals surface area (Å²) in [4.78, 5) is 29.6. The lowest BCUT2D eigenvalue weighted by Gasteiger charge is -2.27. The summed E-state index contributed by atoms with van der Waals surface area (Å²) in [6.45, 7) is 6.58.